The summed E-state index contributed by atoms with van der Waals surface area (Å²) < 4.78 is 0.788. The second-order valence-electron chi connectivity index (χ2n) is 5.47. The third-order valence-corrected chi connectivity index (χ3v) is 4.49. The van der Waals surface area contributed by atoms with E-state index < -0.39 is 11.5 Å². The van der Waals surface area contributed by atoms with Crippen molar-refractivity contribution >= 4 is 33.6 Å². The molecular weight excluding hydrogens is 336 g/mol. The minimum Gasteiger partial charge on any atom is -0.481 e. The molecule has 1 saturated carbocycles. The van der Waals surface area contributed by atoms with E-state index in [0.717, 1.165) is 23.7 Å². The predicted molar refractivity (Wildman–Crippen MR) is 84.4 cm³/mol. The number of hydrogen-bond acceptors (Lipinski definition) is 2. The van der Waals surface area contributed by atoms with E-state index >= 15 is 0 Å². The van der Waals surface area contributed by atoms with Gasteiger partial charge in [0.15, 0.2) is 0 Å². The lowest BCUT2D eigenvalue weighted by atomic mass is 9.79. The van der Waals surface area contributed by atoms with E-state index in [4.69, 9.17) is 5.11 Å². The molecule has 2 amide bonds. The Morgan fingerprint density at radius 2 is 1.86 bits per heavy atom. The van der Waals surface area contributed by atoms with Gasteiger partial charge in [0.05, 0.1) is 17.6 Å². The first-order valence-electron chi connectivity index (χ1n) is 7.06. The molecule has 0 aliphatic heterocycles. The summed E-state index contributed by atoms with van der Waals surface area (Å²) in [5.74, 6) is -0.877. The molecule has 21 heavy (non-hydrogen) atoms. The molecule has 0 spiro atoms. The highest BCUT2D eigenvalue weighted by molar-refractivity contribution is 9.10. The van der Waals surface area contributed by atoms with Gasteiger partial charge in [0.25, 0.3) is 0 Å². The van der Waals surface area contributed by atoms with Gasteiger partial charge in [-0.05, 0) is 40.9 Å². The van der Waals surface area contributed by atoms with E-state index in [0.29, 0.717) is 18.5 Å². The van der Waals surface area contributed by atoms with E-state index in [1.807, 2.05) is 18.2 Å². The van der Waals surface area contributed by atoms with E-state index in [2.05, 4.69) is 26.6 Å². The third kappa shape index (κ3) is 4.46. The Morgan fingerprint density at radius 3 is 2.48 bits per heavy atom. The molecule has 1 aromatic rings. The first-order valence-corrected chi connectivity index (χ1v) is 7.86. The lowest BCUT2D eigenvalue weighted by Gasteiger charge is -2.36. The highest BCUT2D eigenvalue weighted by Crippen LogP contribution is 2.31. The van der Waals surface area contributed by atoms with Gasteiger partial charge >= 0.3 is 12.0 Å². The van der Waals surface area contributed by atoms with Gasteiger partial charge in [-0.3, -0.25) is 4.79 Å². The number of hydrogen-bond donors (Lipinski definition) is 3. The number of halogens is 1. The van der Waals surface area contributed by atoms with Crippen LogP contribution in [0.15, 0.2) is 28.7 Å². The molecule has 0 aromatic heterocycles. The van der Waals surface area contributed by atoms with Crippen LogP contribution in [0.25, 0.3) is 0 Å². The monoisotopic (exact) mass is 354 g/mol. The first kappa shape index (κ1) is 15.8. The van der Waals surface area contributed by atoms with Gasteiger partial charge in [-0.15, -0.1) is 0 Å². The summed E-state index contributed by atoms with van der Waals surface area (Å²) in [4.78, 5) is 23.3. The molecule has 0 bridgehead atoms. The van der Waals surface area contributed by atoms with E-state index in [1.165, 1.54) is 0 Å². The summed E-state index contributed by atoms with van der Waals surface area (Å²) in [6.07, 6.45) is 4.38. The molecule has 2 rings (SSSR count). The second-order valence-corrected chi connectivity index (χ2v) is 6.32. The Labute approximate surface area is 132 Å². The van der Waals surface area contributed by atoms with Gasteiger partial charge in [0, 0.05) is 4.47 Å². The molecule has 1 aromatic carbocycles. The first-order chi connectivity index (χ1) is 10.0. The molecule has 0 atom stereocenters. The molecule has 5 nitrogen and oxygen atoms in total. The Balaban J connectivity index is 2.04. The number of carbonyl (C=O) groups excluding carboxylic acids is 1. The number of aliphatic carboxylic acids is 1. The number of para-hydroxylation sites is 1. The molecule has 0 saturated heterocycles. The quantitative estimate of drug-likeness (QED) is 0.770. The standard InChI is InChI=1S/C15H19BrN2O3/c16-11-6-2-3-7-12(11)17-14(21)18-15(10-13(19)20)8-4-1-5-9-15/h2-3,6-7H,1,4-5,8-10H2,(H,19,20)(H2,17,18,21). The molecule has 114 valence electrons. The highest BCUT2D eigenvalue weighted by Gasteiger charge is 2.35. The van der Waals surface area contributed by atoms with E-state index in [9.17, 15) is 9.59 Å². The molecule has 1 aliphatic rings. The van der Waals surface area contributed by atoms with Crippen LogP contribution in [0.3, 0.4) is 0 Å². The molecule has 6 heteroatoms. The molecule has 1 aliphatic carbocycles. The highest BCUT2D eigenvalue weighted by atomic mass is 79.9. The van der Waals surface area contributed by atoms with Gasteiger partial charge in [-0.1, -0.05) is 31.4 Å². The van der Waals surface area contributed by atoms with Crippen molar-refractivity contribution in [1.82, 2.24) is 5.32 Å². The minimum absolute atomic E-state index is 0.0314. The summed E-state index contributed by atoms with van der Waals surface area (Å²) in [6, 6.07) is 6.95. The van der Waals surface area contributed by atoms with Crippen LogP contribution < -0.4 is 10.6 Å². The Hall–Kier alpha value is -1.56. The lowest BCUT2D eigenvalue weighted by Crippen LogP contribution is -2.52. The zero-order valence-corrected chi connectivity index (χ0v) is 13.3. The SMILES string of the molecule is O=C(O)CC1(NC(=O)Nc2ccccc2Br)CCCCC1. The van der Waals surface area contributed by atoms with Crippen LogP contribution in [0.2, 0.25) is 0 Å². The summed E-state index contributed by atoms with van der Waals surface area (Å²) in [5, 5.41) is 14.8. The zero-order valence-electron chi connectivity index (χ0n) is 11.7. The number of carbonyl (C=O) groups is 2. The van der Waals surface area contributed by atoms with Crippen molar-refractivity contribution in [3.8, 4) is 0 Å². The lowest BCUT2D eigenvalue weighted by molar-refractivity contribution is -0.138. The summed E-state index contributed by atoms with van der Waals surface area (Å²) >= 11 is 3.37. The number of urea groups is 1. The number of nitrogens with one attached hydrogen (secondary N) is 2. The number of carboxylic acid groups (broad SMARTS) is 1. The zero-order chi connectivity index (χ0) is 15.3. The fraction of sp³-hybridized carbons (Fsp3) is 0.467. The molecular formula is C15H19BrN2O3. The second kappa shape index (κ2) is 6.93. The van der Waals surface area contributed by atoms with Crippen LogP contribution in [0.1, 0.15) is 38.5 Å². The van der Waals surface area contributed by atoms with Crippen molar-refractivity contribution in [2.24, 2.45) is 0 Å². The van der Waals surface area contributed by atoms with Gasteiger partial charge in [-0.2, -0.15) is 0 Å². The minimum atomic E-state index is -0.877. The number of rotatable bonds is 4. The van der Waals surface area contributed by atoms with Gasteiger partial charge in [0.2, 0.25) is 0 Å². The maximum atomic E-state index is 12.2. The van der Waals surface area contributed by atoms with Crippen molar-refractivity contribution in [2.45, 2.75) is 44.1 Å². The van der Waals surface area contributed by atoms with Gasteiger partial charge < -0.3 is 15.7 Å². The fourth-order valence-corrected chi connectivity index (χ4v) is 3.20. The number of carboxylic acids is 1. The Kier molecular flexibility index (Phi) is 5.22. The maximum absolute atomic E-state index is 12.2. The molecule has 1 fully saturated rings. The predicted octanol–water partition coefficient (Wildman–Crippen LogP) is 3.75. The summed E-state index contributed by atoms with van der Waals surface area (Å²) in [7, 11) is 0. The normalized spacial score (nSPS) is 17.0. The topological polar surface area (TPSA) is 78.4 Å². The Bertz CT molecular complexity index is 527. The number of benzene rings is 1. The Morgan fingerprint density at radius 1 is 1.19 bits per heavy atom. The third-order valence-electron chi connectivity index (χ3n) is 3.80. The van der Waals surface area contributed by atoms with Crippen LogP contribution in [-0.4, -0.2) is 22.6 Å². The largest absolute Gasteiger partial charge is 0.481 e. The van der Waals surface area contributed by atoms with Crippen LogP contribution in [0.5, 0.6) is 0 Å². The molecule has 0 radical (unpaired) electrons. The molecule has 0 heterocycles. The fourth-order valence-electron chi connectivity index (χ4n) is 2.82. The van der Waals surface area contributed by atoms with Gasteiger partial charge in [-0.25, -0.2) is 4.79 Å². The van der Waals surface area contributed by atoms with E-state index in [1.54, 1.807) is 6.07 Å². The summed E-state index contributed by atoms with van der Waals surface area (Å²) in [5.41, 5.74) is 0.0337. The molecule has 0 unspecified atom stereocenters. The smallest absolute Gasteiger partial charge is 0.319 e. The van der Waals surface area contributed by atoms with Gasteiger partial charge in [0.1, 0.15) is 0 Å². The average molecular weight is 355 g/mol. The van der Waals surface area contributed by atoms with Crippen molar-refractivity contribution < 1.29 is 14.7 Å². The van der Waals surface area contributed by atoms with Crippen LogP contribution >= 0.6 is 15.9 Å². The van der Waals surface area contributed by atoms with Crippen LogP contribution in [-0.2, 0) is 4.79 Å². The maximum Gasteiger partial charge on any atom is 0.319 e. The van der Waals surface area contributed by atoms with E-state index in [-0.39, 0.29) is 12.5 Å². The number of anilines is 1. The number of amides is 2. The van der Waals surface area contributed by atoms with Crippen molar-refractivity contribution in [3.05, 3.63) is 28.7 Å². The molecule has 3 N–H and O–H groups in total. The average Bonchev–Trinajstić information content (AvgIpc) is 2.41. The summed E-state index contributed by atoms with van der Waals surface area (Å²) in [6.45, 7) is 0. The van der Waals surface area contributed by atoms with Crippen LogP contribution in [0, 0.1) is 0 Å². The van der Waals surface area contributed by atoms with Crippen molar-refractivity contribution in [2.75, 3.05) is 5.32 Å². The van der Waals surface area contributed by atoms with Crippen LogP contribution in [0.4, 0.5) is 10.5 Å². The van der Waals surface area contributed by atoms with Crippen molar-refractivity contribution in [3.63, 3.8) is 0 Å². The van der Waals surface area contributed by atoms with Crippen molar-refractivity contribution in [1.29, 1.82) is 0 Å².